The Bertz CT molecular complexity index is 723. The quantitative estimate of drug-likeness (QED) is 0.780. The lowest BCUT2D eigenvalue weighted by atomic mass is 10.1. The molecular formula is C18H26N2O2S2. The molecule has 4 nitrogen and oxygen atoms in total. The summed E-state index contributed by atoms with van der Waals surface area (Å²) in [6.07, 6.45) is 1.68. The summed E-state index contributed by atoms with van der Waals surface area (Å²) in [5.41, 5.74) is 0.907. The second-order valence-corrected chi connectivity index (χ2v) is 8.39. The maximum Gasteiger partial charge on any atom is 0.261 e. The highest BCUT2D eigenvalue weighted by Gasteiger charge is 2.20. The Morgan fingerprint density at radius 3 is 2.58 bits per heavy atom. The molecule has 0 saturated carbocycles. The van der Waals surface area contributed by atoms with Crippen LogP contribution in [0.2, 0.25) is 0 Å². The second kappa shape index (κ2) is 8.74. The van der Waals surface area contributed by atoms with Crippen molar-refractivity contribution in [1.82, 2.24) is 10.2 Å². The van der Waals surface area contributed by atoms with E-state index in [1.807, 2.05) is 24.3 Å². The molecule has 0 radical (unpaired) electrons. The first-order chi connectivity index (χ1) is 11.5. The fourth-order valence-corrected chi connectivity index (χ4v) is 4.86. The molecule has 0 saturated heterocycles. The van der Waals surface area contributed by atoms with Crippen molar-refractivity contribution in [2.75, 3.05) is 25.9 Å². The van der Waals surface area contributed by atoms with Crippen LogP contribution in [0.5, 0.6) is 0 Å². The average molecular weight is 367 g/mol. The molecule has 1 aromatic carbocycles. The van der Waals surface area contributed by atoms with Crippen LogP contribution in [-0.2, 0) is 16.6 Å². The van der Waals surface area contributed by atoms with Crippen LogP contribution in [0.15, 0.2) is 24.3 Å². The van der Waals surface area contributed by atoms with Crippen LogP contribution in [-0.4, -0.2) is 46.9 Å². The van der Waals surface area contributed by atoms with Crippen LogP contribution in [0.3, 0.4) is 0 Å². The number of nitrogens with one attached hydrogen (secondary N) is 1. The first-order valence-corrected chi connectivity index (χ1v) is 10.8. The van der Waals surface area contributed by atoms with Gasteiger partial charge in [0.1, 0.15) is 0 Å². The molecular weight excluding hydrogens is 340 g/mol. The maximum atomic E-state index is 12.7. The predicted molar refractivity (Wildman–Crippen MR) is 104 cm³/mol. The minimum atomic E-state index is -0.982. The van der Waals surface area contributed by atoms with E-state index < -0.39 is 10.8 Å². The van der Waals surface area contributed by atoms with Gasteiger partial charge >= 0.3 is 0 Å². The Balaban J connectivity index is 2.21. The van der Waals surface area contributed by atoms with Crippen LogP contribution in [0, 0.1) is 0 Å². The number of hydrogen-bond donors (Lipinski definition) is 1. The van der Waals surface area contributed by atoms with Crippen molar-refractivity contribution >= 4 is 38.1 Å². The molecule has 0 spiro atoms. The number of carbonyl (C=O) groups is 1. The second-order valence-electron chi connectivity index (χ2n) is 5.90. The minimum absolute atomic E-state index is 0.0596. The zero-order valence-electron chi connectivity index (χ0n) is 14.8. The van der Waals surface area contributed by atoms with E-state index in [0.717, 1.165) is 28.7 Å². The molecule has 132 valence electrons. The van der Waals surface area contributed by atoms with Crippen molar-refractivity contribution in [2.24, 2.45) is 0 Å². The number of fused-ring (bicyclic) bond motifs is 1. The first kappa shape index (κ1) is 19.1. The van der Waals surface area contributed by atoms with E-state index >= 15 is 0 Å². The molecule has 0 bridgehead atoms. The third-order valence-electron chi connectivity index (χ3n) is 4.25. The van der Waals surface area contributed by atoms with Crippen LogP contribution >= 0.6 is 11.3 Å². The van der Waals surface area contributed by atoms with E-state index in [1.165, 1.54) is 11.3 Å². The van der Waals surface area contributed by atoms with Gasteiger partial charge in [-0.05, 0) is 37.0 Å². The molecule has 6 heteroatoms. The van der Waals surface area contributed by atoms with Crippen molar-refractivity contribution < 1.29 is 9.00 Å². The fourth-order valence-electron chi connectivity index (χ4n) is 2.93. The number of benzene rings is 1. The molecule has 0 fully saturated rings. The van der Waals surface area contributed by atoms with Gasteiger partial charge in [0.25, 0.3) is 5.91 Å². The summed E-state index contributed by atoms with van der Waals surface area (Å²) in [5, 5.41) is 4.09. The molecule has 2 rings (SSSR count). The number of nitrogens with zero attached hydrogens (tertiary/aromatic N) is 1. The zero-order chi connectivity index (χ0) is 17.7. The van der Waals surface area contributed by atoms with Gasteiger partial charge in [-0.15, -0.1) is 11.3 Å². The molecule has 2 atom stereocenters. The Kier molecular flexibility index (Phi) is 6.95. The maximum absolute atomic E-state index is 12.7. The molecule has 1 amide bonds. The standard InChI is InChI=1S/C18H26N2O2S2/c1-5-20(6-2)13(3)11-19-18(21)17-15(12-24(4)22)14-9-7-8-10-16(14)23-17/h7-10,13H,5-6,11-12H2,1-4H3,(H,19,21)/t13-,24-/m0/s1. The molecule has 1 heterocycles. The van der Waals surface area contributed by atoms with Crippen molar-refractivity contribution in [2.45, 2.75) is 32.6 Å². The molecule has 0 aliphatic rings. The molecule has 1 aromatic heterocycles. The van der Waals surface area contributed by atoms with Crippen LogP contribution in [0.25, 0.3) is 10.1 Å². The smallest absolute Gasteiger partial charge is 0.261 e. The number of thiophene rings is 1. The highest BCUT2D eigenvalue weighted by atomic mass is 32.2. The number of amides is 1. The Hall–Kier alpha value is -1.24. The normalized spacial score (nSPS) is 14.0. The van der Waals surface area contributed by atoms with Gasteiger partial charge in [0.15, 0.2) is 0 Å². The summed E-state index contributed by atoms with van der Waals surface area (Å²) >= 11 is 1.49. The molecule has 1 N–H and O–H groups in total. The topological polar surface area (TPSA) is 49.4 Å². The summed E-state index contributed by atoms with van der Waals surface area (Å²) in [4.78, 5) is 15.7. The molecule has 0 aliphatic carbocycles. The lowest BCUT2D eigenvalue weighted by molar-refractivity contribution is 0.0941. The van der Waals surface area contributed by atoms with Crippen LogP contribution < -0.4 is 5.32 Å². The summed E-state index contributed by atoms with van der Waals surface area (Å²) in [6, 6.07) is 8.24. The van der Waals surface area contributed by atoms with E-state index in [2.05, 4.69) is 31.0 Å². The number of likely N-dealkylation sites (N-methyl/N-ethyl adjacent to an activating group) is 1. The van der Waals surface area contributed by atoms with E-state index in [0.29, 0.717) is 23.2 Å². The minimum Gasteiger partial charge on any atom is -0.350 e. The third-order valence-corrected chi connectivity index (χ3v) is 6.15. The Morgan fingerprint density at radius 2 is 1.96 bits per heavy atom. The third kappa shape index (κ3) is 4.43. The van der Waals surface area contributed by atoms with Gasteiger partial charge < -0.3 is 5.32 Å². The molecule has 0 aliphatic heterocycles. The summed E-state index contributed by atoms with van der Waals surface area (Å²) < 4.78 is 12.8. The van der Waals surface area contributed by atoms with Crippen molar-refractivity contribution in [3.63, 3.8) is 0 Å². The van der Waals surface area contributed by atoms with Crippen LogP contribution in [0.1, 0.15) is 36.0 Å². The summed E-state index contributed by atoms with van der Waals surface area (Å²) in [6.45, 7) is 8.93. The monoisotopic (exact) mass is 366 g/mol. The lowest BCUT2D eigenvalue weighted by Crippen LogP contribution is -2.42. The SMILES string of the molecule is CCN(CC)[C@@H](C)CNC(=O)c1sc2ccccc2c1C[S@](C)=O. The highest BCUT2D eigenvalue weighted by Crippen LogP contribution is 2.32. The van der Waals surface area contributed by atoms with E-state index in [1.54, 1.807) is 6.26 Å². The van der Waals surface area contributed by atoms with Gasteiger partial charge in [0, 0.05) is 34.3 Å². The molecule has 2 aromatic rings. The van der Waals surface area contributed by atoms with Gasteiger partial charge in [0.05, 0.1) is 10.6 Å². The summed E-state index contributed by atoms with van der Waals surface area (Å²) in [7, 11) is -0.982. The van der Waals surface area contributed by atoms with Gasteiger partial charge in [-0.2, -0.15) is 0 Å². The van der Waals surface area contributed by atoms with E-state index in [-0.39, 0.29) is 5.91 Å². The van der Waals surface area contributed by atoms with Gasteiger partial charge in [-0.25, -0.2) is 0 Å². The molecule has 0 unspecified atom stereocenters. The zero-order valence-corrected chi connectivity index (χ0v) is 16.4. The highest BCUT2D eigenvalue weighted by molar-refractivity contribution is 7.83. The predicted octanol–water partition coefficient (Wildman–Crippen LogP) is 3.24. The van der Waals surface area contributed by atoms with E-state index in [4.69, 9.17) is 0 Å². The van der Waals surface area contributed by atoms with Crippen molar-refractivity contribution in [3.05, 3.63) is 34.7 Å². The van der Waals surface area contributed by atoms with Crippen LogP contribution in [0.4, 0.5) is 0 Å². The number of carbonyl (C=O) groups excluding carboxylic acids is 1. The summed E-state index contributed by atoms with van der Waals surface area (Å²) in [5.74, 6) is 0.355. The average Bonchev–Trinajstić information content (AvgIpc) is 2.92. The first-order valence-electron chi connectivity index (χ1n) is 8.30. The number of rotatable bonds is 8. The largest absolute Gasteiger partial charge is 0.350 e. The fraction of sp³-hybridized carbons (Fsp3) is 0.500. The van der Waals surface area contributed by atoms with E-state index in [9.17, 15) is 9.00 Å². The van der Waals surface area contributed by atoms with Gasteiger partial charge in [-0.1, -0.05) is 32.0 Å². The van der Waals surface area contributed by atoms with Crippen molar-refractivity contribution in [3.8, 4) is 0 Å². The van der Waals surface area contributed by atoms with Gasteiger partial charge in [-0.3, -0.25) is 13.9 Å². The van der Waals surface area contributed by atoms with Gasteiger partial charge in [0.2, 0.25) is 0 Å². The molecule has 24 heavy (non-hydrogen) atoms. The Morgan fingerprint density at radius 1 is 1.29 bits per heavy atom. The van der Waals surface area contributed by atoms with Crippen molar-refractivity contribution in [1.29, 1.82) is 0 Å². The Labute approximate surface area is 150 Å². The number of hydrogen-bond acceptors (Lipinski definition) is 4. The lowest BCUT2D eigenvalue weighted by Gasteiger charge is -2.26.